The maximum absolute atomic E-state index is 5.96. The van der Waals surface area contributed by atoms with Gasteiger partial charge in [-0.3, -0.25) is 4.90 Å². The average molecular weight is 295 g/mol. The minimum Gasteiger partial charge on any atom is -0.453 e. The molecular formula is C17H11ClN2O. The van der Waals surface area contributed by atoms with Gasteiger partial charge in [0.1, 0.15) is 5.82 Å². The summed E-state index contributed by atoms with van der Waals surface area (Å²) in [5.41, 5.74) is 1.93. The third-order valence-corrected chi connectivity index (χ3v) is 3.60. The molecule has 2 aromatic carbocycles. The summed E-state index contributed by atoms with van der Waals surface area (Å²) in [4.78, 5) is 6.51. The lowest BCUT2D eigenvalue weighted by molar-refractivity contribution is 0.476. The Kier molecular flexibility index (Phi) is 2.79. The predicted octanol–water partition coefficient (Wildman–Crippen LogP) is 5.31. The lowest BCUT2D eigenvalue weighted by Gasteiger charge is -2.31. The molecule has 1 aliphatic rings. The van der Waals surface area contributed by atoms with Gasteiger partial charge in [0.05, 0.1) is 16.4 Å². The summed E-state index contributed by atoms with van der Waals surface area (Å²) >= 11 is 5.95. The molecule has 0 aliphatic carbocycles. The van der Waals surface area contributed by atoms with Crippen LogP contribution >= 0.6 is 11.6 Å². The zero-order valence-electron chi connectivity index (χ0n) is 11.0. The summed E-state index contributed by atoms with van der Waals surface area (Å²) in [5.74, 6) is 2.43. The van der Waals surface area contributed by atoms with Crippen molar-refractivity contribution in [1.82, 2.24) is 4.98 Å². The fraction of sp³-hybridized carbons (Fsp3) is 0. The highest BCUT2D eigenvalue weighted by Gasteiger charge is 2.25. The third kappa shape index (κ3) is 2.03. The number of aromatic nitrogens is 1. The molecule has 0 spiro atoms. The molecule has 0 saturated carbocycles. The van der Waals surface area contributed by atoms with E-state index in [-0.39, 0.29) is 0 Å². The Morgan fingerprint density at radius 1 is 0.810 bits per heavy atom. The fourth-order valence-corrected chi connectivity index (χ4v) is 2.56. The van der Waals surface area contributed by atoms with Gasteiger partial charge < -0.3 is 4.74 Å². The number of hydrogen-bond donors (Lipinski definition) is 0. The second kappa shape index (κ2) is 4.79. The summed E-state index contributed by atoms with van der Waals surface area (Å²) in [6.07, 6.45) is 1.65. The number of rotatable bonds is 1. The molecule has 21 heavy (non-hydrogen) atoms. The van der Waals surface area contributed by atoms with Gasteiger partial charge in [0.25, 0.3) is 0 Å². The maximum Gasteiger partial charge on any atom is 0.151 e. The topological polar surface area (TPSA) is 25.4 Å². The molecule has 0 N–H and O–H groups in total. The molecule has 0 unspecified atom stereocenters. The van der Waals surface area contributed by atoms with Crippen molar-refractivity contribution in [2.75, 3.05) is 4.90 Å². The molecule has 0 radical (unpaired) electrons. The minimum atomic E-state index is 0.619. The van der Waals surface area contributed by atoms with E-state index in [1.54, 1.807) is 6.20 Å². The van der Waals surface area contributed by atoms with Gasteiger partial charge in [0, 0.05) is 6.20 Å². The monoisotopic (exact) mass is 294 g/mol. The predicted molar refractivity (Wildman–Crippen MR) is 84.0 cm³/mol. The molecule has 0 fully saturated rings. The van der Waals surface area contributed by atoms with Gasteiger partial charge >= 0.3 is 0 Å². The number of anilines is 3. The molecule has 3 aromatic rings. The van der Waals surface area contributed by atoms with Crippen molar-refractivity contribution in [1.29, 1.82) is 0 Å². The van der Waals surface area contributed by atoms with Crippen molar-refractivity contribution >= 4 is 28.8 Å². The van der Waals surface area contributed by atoms with E-state index in [1.165, 1.54) is 0 Å². The third-order valence-electron chi connectivity index (χ3n) is 3.37. The number of ether oxygens (including phenoxy) is 1. The first-order valence-corrected chi connectivity index (χ1v) is 6.98. The van der Waals surface area contributed by atoms with Crippen molar-refractivity contribution in [3.8, 4) is 11.5 Å². The number of nitrogens with zero attached hydrogens (tertiary/aromatic N) is 2. The van der Waals surface area contributed by atoms with Crippen LogP contribution in [-0.4, -0.2) is 4.98 Å². The largest absolute Gasteiger partial charge is 0.453 e. The van der Waals surface area contributed by atoms with E-state index < -0.39 is 0 Å². The highest BCUT2D eigenvalue weighted by Crippen LogP contribution is 2.49. The molecule has 1 aliphatic heterocycles. The standard InChI is InChI=1S/C17H11ClN2O/c18-12-9-10-17(19-11-12)20-13-5-1-3-7-15(13)21-16-8-4-2-6-14(16)20/h1-11H. The Bertz CT molecular complexity index is 756. The van der Waals surface area contributed by atoms with Crippen LogP contribution in [0.25, 0.3) is 0 Å². The molecule has 102 valence electrons. The summed E-state index contributed by atoms with van der Waals surface area (Å²) in [6, 6.07) is 19.6. The molecule has 0 bridgehead atoms. The maximum atomic E-state index is 5.96. The van der Waals surface area contributed by atoms with Gasteiger partial charge in [-0.25, -0.2) is 4.98 Å². The number of halogens is 1. The number of hydrogen-bond acceptors (Lipinski definition) is 3. The van der Waals surface area contributed by atoms with Crippen molar-refractivity contribution in [2.45, 2.75) is 0 Å². The average Bonchev–Trinajstić information content (AvgIpc) is 2.53. The van der Waals surface area contributed by atoms with Crippen LogP contribution in [-0.2, 0) is 0 Å². The molecule has 2 heterocycles. The first-order chi connectivity index (χ1) is 10.3. The van der Waals surface area contributed by atoms with Crippen molar-refractivity contribution in [3.05, 3.63) is 71.9 Å². The molecular weight excluding hydrogens is 284 g/mol. The van der Waals surface area contributed by atoms with Crippen LogP contribution in [0.15, 0.2) is 66.9 Å². The van der Waals surface area contributed by atoms with Gasteiger partial charge in [0.15, 0.2) is 11.5 Å². The molecule has 4 rings (SSSR count). The van der Waals surface area contributed by atoms with E-state index in [0.29, 0.717) is 5.02 Å². The van der Waals surface area contributed by atoms with Crippen LogP contribution < -0.4 is 9.64 Å². The van der Waals surface area contributed by atoms with Crippen molar-refractivity contribution in [2.24, 2.45) is 0 Å². The van der Waals surface area contributed by atoms with Gasteiger partial charge in [-0.15, -0.1) is 0 Å². The smallest absolute Gasteiger partial charge is 0.151 e. The second-order valence-electron chi connectivity index (χ2n) is 4.71. The lowest BCUT2D eigenvalue weighted by atomic mass is 10.1. The summed E-state index contributed by atoms with van der Waals surface area (Å²) in [5, 5.41) is 0.619. The number of benzene rings is 2. The van der Waals surface area contributed by atoms with Gasteiger partial charge in [-0.2, -0.15) is 0 Å². The zero-order chi connectivity index (χ0) is 14.2. The number of para-hydroxylation sites is 4. The highest BCUT2D eigenvalue weighted by molar-refractivity contribution is 6.30. The summed E-state index contributed by atoms with van der Waals surface area (Å²) in [7, 11) is 0. The van der Waals surface area contributed by atoms with Gasteiger partial charge in [0.2, 0.25) is 0 Å². The number of pyridine rings is 1. The Morgan fingerprint density at radius 3 is 2.00 bits per heavy atom. The van der Waals surface area contributed by atoms with Crippen LogP contribution in [0.1, 0.15) is 0 Å². The SMILES string of the molecule is Clc1ccc(N2c3ccccc3Oc3ccccc32)nc1. The van der Waals surface area contributed by atoms with E-state index in [9.17, 15) is 0 Å². The van der Waals surface area contributed by atoms with Crippen molar-refractivity contribution in [3.63, 3.8) is 0 Å². The van der Waals surface area contributed by atoms with E-state index in [0.717, 1.165) is 28.7 Å². The fourth-order valence-electron chi connectivity index (χ4n) is 2.45. The van der Waals surface area contributed by atoms with Crippen LogP contribution in [0.3, 0.4) is 0 Å². The van der Waals surface area contributed by atoms with E-state index in [4.69, 9.17) is 16.3 Å². The first kappa shape index (κ1) is 12.2. The van der Waals surface area contributed by atoms with Gasteiger partial charge in [-0.05, 0) is 36.4 Å². The Morgan fingerprint density at radius 2 is 1.43 bits per heavy atom. The van der Waals surface area contributed by atoms with Crippen LogP contribution in [0.4, 0.5) is 17.2 Å². The quantitative estimate of drug-likeness (QED) is 0.475. The molecule has 3 nitrogen and oxygen atoms in total. The minimum absolute atomic E-state index is 0.619. The van der Waals surface area contributed by atoms with E-state index >= 15 is 0 Å². The normalized spacial score (nSPS) is 12.3. The molecule has 0 atom stereocenters. The Hall–Kier alpha value is -2.52. The lowest BCUT2D eigenvalue weighted by Crippen LogP contribution is -2.16. The second-order valence-corrected chi connectivity index (χ2v) is 5.14. The van der Waals surface area contributed by atoms with Crippen LogP contribution in [0.2, 0.25) is 5.02 Å². The Balaban J connectivity index is 1.95. The van der Waals surface area contributed by atoms with Crippen LogP contribution in [0, 0.1) is 0 Å². The summed E-state index contributed by atoms with van der Waals surface area (Å²) in [6.45, 7) is 0. The highest BCUT2D eigenvalue weighted by atomic mass is 35.5. The Labute approximate surface area is 127 Å². The first-order valence-electron chi connectivity index (χ1n) is 6.60. The van der Waals surface area contributed by atoms with Crippen LogP contribution in [0.5, 0.6) is 11.5 Å². The van der Waals surface area contributed by atoms with E-state index in [1.807, 2.05) is 60.7 Å². The van der Waals surface area contributed by atoms with E-state index in [2.05, 4.69) is 9.88 Å². The van der Waals surface area contributed by atoms with Crippen molar-refractivity contribution < 1.29 is 4.74 Å². The zero-order valence-corrected chi connectivity index (χ0v) is 11.8. The summed E-state index contributed by atoms with van der Waals surface area (Å²) < 4.78 is 5.96. The van der Waals surface area contributed by atoms with Gasteiger partial charge in [-0.1, -0.05) is 35.9 Å². The molecule has 0 amide bonds. The molecule has 0 saturated heterocycles. The molecule has 1 aromatic heterocycles. The number of fused-ring (bicyclic) bond motifs is 2. The molecule has 4 heteroatoms.